The zero-order valence-electron chi connectivity index (χ0n) is 8.49. The topological polar surface area (TPSA) is 9.23 Å². The molecular weight excluding hydrogens is 229 g/mol. The second kappa shape index (κ2) is 5.57. The van der Waals surface area contributed by atoms with Crippen molar-refractivity contribution >= 4 is 9.90 Å². The van der Waals surface area contributed by atoms with Gasteiger partial charge in [-0.2, -0.15) is 9.90 Å². The Bertz CT molecular complexity index is 396. The van der Waals surface area contributed by atoms with E-state index in [4.69, 9.17) is 4.74 Å². The van der Waals surface area contributed by atoms with E-state index in [2.05, 4.69) is 0 Å². The van der Waals surface area contributed by atoms with Crippen molar-refractivity contribution in [3.8, 4) is 11.5 Å². The Morgan fingerprint density at radius 1 is 0.625 bits per heavy atom. The lowest BCUT2D eigenvalue weighted by Gasteiger charge is -2.04. The summed E-state index contributed by atoms with van der Waals surface area (Å²) < 4.78 is 30.5. The Hall–Kier alpha value is -1.47. The highest BCUT2D eigenvalue weighted by molar-refractivity contribution is 6.92. The maximum absolute atomic E-state index is 12.6. The predicted molar refractivity (Wildman–Crippen MR) is 64.0 cm³/mol. The van der Waals surface area contributed by atoms with E-state index in [1.54, 1.807) is 0 Å². The SMILES string of the molecule is Fc1ccc(Oc2ccc(F)cc2)cc1.P. The molecule has 0 saturated heterocycles. The summed E-state index contributed by atoms with van der Waals surface area (Å²) in [4.78, 5) is 0. The molecule has 2 rings (SSSR count). The second-order valence-corrected chi connectivity index (χ2v) is 3.01. The summed E-state index contributed by atoms with van der Waals surface area (Å²) in [7, 11) is 0. The van der Waals surface area contributed by atoms with Crippen molar-refractivity contribution in [1.29, 1.82) is 0 Å². The first-order chi connectivity index (χ1) is 7.24. The lowest BCUT2D eigenvalue weighted by Crippen LogP contribution is -1.84. The van der Waals surface area contributed by atoms with Crippen molar-refractivity contribution in [2.24, 2.45) is 0 Å². The molecule has 0 saturated carbocycles. The van der Waals surface area contributed by atoms with E-state index in [0.29, 0.717) is 11.5 Å². The Morgan fingerprint density at radius 3 is 1.25 bits per heavy atom. The van der Waals surface area contributed by atoms with Crippen LogP contribution in [0.1, 0.15) is 0 Å². The molecule has 4 heteroatoms. The fourth-order valence-electron chi connectivity index (χ4n) is 1.14. The van der Waals surface area contributed by atoms with E-state index < -0.39 is 0 Å². The Kier molecular flexibility index (Phi) is 4.39. The number of hydrogen-bond donors (Lipinski definition) is 0. The van der Waals surface area contributed by atoms with Crippen molar-refractivity contribution in [1.82, 2.24) is 0 Å². The summed E-state index contributed by atoms with van der Waals surface area (Å²) in [6.45, 7) is 0. The summed E-state index contributed by atoms with van der Waals surface area (Å²) in [5, 5.41) is 0. The van der Waals surface area contributed by atoms with Crippen molar-refractivity contribution < 1.29 is 13.5 Å². The molecule has 1 nitrogen and oxygen atoms in total. The lowest BCUT2D eigenvalue weighted by atomic mass is 10.3. The van der Waals surface area contributed by atoms with Gasteiger partial charge in [0.05, 0.1) is 0 Å². The van der Waals surface area contributed by atoms with E-state index >= 15 is 0 Å². The largest absolute Gasteiger partial charge is 0.457 e. The van der Waals surface area contributed by atoms with Crippen LogP contribution in [0.4, 0.5) is 8.78 Å². The monoisotopic (exact) mass is 240 g/mol. The van der Waals surface area contributed by atoms with Crippen LogP contribution in [0.2, 0.25) is 0 Å². The van der Waals surface area contributed by atoms with Crippen molar-refractivity contribution in [3.63, 3.8) is 0 Å². The third kappa shape index (κ3) is 3.28. The van der Waals surface area contributed by atoms with E-state index in [-0.39, 0.29) is 21.5 Å². The van der Waals surface area contributed by atoms with Gasteiger partial charge in [-0.1, -0.05) is 0 Å². The van der Waals surface area contributed by atoms with Gasteiger partial charge >= 0.3 is 0 Å². The minimum Gasteiger partial charge on any atom is -0.457 e. The number of rotatable bonds is 2. The minimum absolute atomic E-state index is 0. The molecule has 0 N–H and O–H groups in total. The molecule has 2 aromatic rings. The van der Waals surface area contributed by atoms with Crippen molar-refractivity contribution in [2.45, 2.75) is 0 Å². The van der Waals surface area contributed by atoms with Gasteiger partial charge in [-0.25, -0.2) is 8.78 Å². The molecule has 1 unspecified atom stereocenters. The molecule has 0 bridgehead atoms. The summed E-state index contributed by atoms with van der Waals surface area (Å²) in [5.74, 6) is 0.397. The highest BCUT2D eigenvalue weighted by Gasteiger charge is 1.97. The minimum atomic E-state index is -0.318. The van der Waals surface area contributed by atoms with Crippen LogP contribution in [0.25, 0.3) is 0 Å². The average molecular weight is 240 g/mol. The first-order valence-electron chi connectivity index (χ1n) is 4.43. The average Bonchev–Trinajstić information content (AvgIpc) is 2.25. The van der Waals surface area contributed by atoms with Gasteiger partial charge in [0.15, 0.2) is 0 Å². The van der Waals surface area contributed by atoms with Gasteiger partial charge in [-0.3, -0.25) is 0 Å². The molecule has 0 spiro atoms. The molecule has 0 fully saturated rings. The third-order valence-electron chi connectivity index (χ3n) is 1.86. The fourth-order valence-corrected chi connectivity index (χ4v) is 1.14. The van der Waals surface area contributed by atoms with Crippen LogP contribution in [0.3, 0.4) is 0 Å². The number of halogens is 2. The molecule has 84 valence electrons. The lowest BCUT2D eigenvalue weighted by molar-refractivity contribution is 0.478. The summed E-state index contributed by atoms with van der Waals surface area (Å²) in [5.41, 5.74) is 0. The van der Waals surface area contributed by atoms with Crippen LogP contribution < -0.4 is 4.74 Å². The Balaban J connectivity index is 0.00000128. The Morgan fingerprint density at radius 2 is 0.938 bits per heavy atom. The molecular formula is C12H11F2OP. The Labute approximate surface area is 95.7 Å². The first-order valence-corrected chi connectivity index (χ1v) is 4.43. The van der Waals surface area contributed by atoms with Gasteiger partial charge in [0, 0.05) is 0 Å². The van der Waals surface area contributed by atoms with E-state index in [9.17, 15) is 8.78 Å². The van der Waals surface area contributed by atoms with E-state index in [1.165, 1.54) is 48.5 Å². The molecule has 0 heterocycles. The van der Waals surface area contributed by atoms with Gasteiger partial charge in [-0.05, 0) is 48.5 Å². The molecule has 1 atom stereocenters. The van der Waals surface area contributed by atoms with Crippen LogP contribution >= 0.6 is 9.90 Å². The smallest absolute Gasteiger partial charge is 0.127 e. The van der Waals surface area contributed by atoms with Gasteiger partial charge in [0.1, 0.15) is 23.1 Å². The number of benzene rings is 2. The molecule has 0 aliphatic carbocycles. The van der Waals surface area contributed by atoms with Crippen LogP contribution in [0, 0.1) is 11.6 Å². The highest BCUT2D eigenvalue weighted by atomic mass is 31.0. The standard InChI is InChI=1S/C12H8F2O.H3P/c13-9-1-5-11(6-2-9)15-12-7-3-10(14)4-8-12;/h1-8H;1H3. The van der Waals surface area contributed by atoms with Crippen molar-refractivity contribution in [2.75, 3.05) is 0 Å². The molecule has 0 aliphatic rings. The zero-order chi connectivity index (χ0) is 10.7. The molecule has 2 aromatic carbocycles. The van der Waals surface area contributed by atoms with Gasteiger partial charge in [-0.15, -0.1) is 0 Å². The van der Waals surface area contributed by atoms with E-state index in [0.717, 1.165) is 0 Å². The second-order valence-electron chi connectivity index (χ2n) is 3.01. The fraction of sp³-hybridized carbons (Fsp3) is 0. The van der Waals surface area contributed by atoms with Crippen LogP contribution in [-0.4, -0.2) is 0 Å². The number of hydrogen-bond acceptors (Lipinski definition) is 1. The molecule has 0 amide bonds. The quantitative estimate of drug-likeness (QED) is 0.725. The maximum atomic E-state index is 12.6. The van der Waals surface area contributed by atoms with Crippen LogP contribution in [0.5, 0.6) is 11.5 Å². The first kappa shape index (κ1) is 12.6. The summed E-state index contributed by atoms with van der Waals surface area (Å²) in [6.07, 6.45) is 0. The van der Waals surface area contributed by atoms with Gasteiger partial charge < -0.3 is 4.74 Å². The van der Waals surface area contributed by atoms with Gasteiger partial charge in [0.2, 0.25) is 0 Å². The summed E-state index contributed by atoms with van der Waals surface area (Å²) >= 11 is 0. The van der Waals surface area contributed by atoms with Crippen LogP contribution in [-0.2, 0) is 0 Å². The third-order valence-corrected chi connectivity index (χ3v) is 1.86. The predicted octanol–water partition coefficient (Wildman–Crippen LogP) is 3.82. The van der Waals surface area contributed by atoms with Crippen LogP contribution in [0.15, 0.2) is 48.5 Å². The molecule has 0 aliphatic heterocycles. The van der Waals surface area contributed by atoms with E-state index in [1.807, 2.05) is 0 Å². The number of ether oxygens (including phenoxy) is 1. The highest BCUT2D eigenvalue weighted by Crippen LogP contribution is 2.21. The molecule has 16 heavy (non-hydrogen) atoms. The zero-order valence-corrected chi connectivity index (χ0v) is 9.90. The summed E-state index contributed by atoms with van der Waals surface area (Å²) in [6, 6.07) is 11.3. The molecule has 0 radical (unpaired) electrons. The molecule has 0 aromatic heterocycles. The van der Waals surface area contributed by atoms with Crippen molar-refractivity contribution in [3.05, 3.63) is 60.2 Å². The maximum Gasteiger partial charge on any atom is 0.127 e. The van der Waals surface area contributed by atoms with Gasteiger partial charge in [0.25, 0.3) is 0 Å². The normalized spacial score (nSPS) is 9.38.